The molecule has 0 aliphatic carbocycles. The predicted molar refractivity (Wildman–Crippen MR) is 80.1 cm³/mol. The molecule has 2 atom stereocenters. The minimum Gasteiger partial charge on any atom is -0.497 e. The number of amidine groups is 1. The zero-order chi connectivity index (χ0) is 14.3. The van der Waals surface area contributed by atoms with Gasteiger partial charge in [0.2, 0.25) is 0 Å². The van der Waals surface area contributed by atoms with Gasteiger partial charge in [0.05, 0.1) is 24.7 Å². The molecule has 0 unspecified atom stereocenters. The maximum absolute atomic E-state index is 11.7. The second-order valence-corrected chi connectivity index (χ2v) is 8.46. The summed E-state index contributed by atoms with van der Waals surface area (Å²) in [6.45, 7) is 0.576. The molecule has 1 N–H and O–H groups in total. The first kappa shape index (κ1) is 13.8. The molecule has 0 aromatic heterocycles. The summed E-state index contributed by atoms with van der Waals surface area (Å²) in [5.74, 6) is 1.16. The number of hydrogen-bond acceptors (Lipinski definition) is 5. The van der Waals surface area contributed by atoms with E-state index in [0.717, 1.165) is 11.3 Å². The SMILES string of the molecule is COc1ccc(CN2C(=N)S[C@@H]3CS(=O)(=O)C[C@H]32)cc1. The largest absolute Gasteiger partial charge is 0.497 e. The highest BCUT2D eigenvalue weighted by Gasteiger charge is 2.47. The minimum atomic E-state index is -2.94. The number of rotatable bonds is 3. The third-order valence-electron chi connectivity index (χ3n) is 3.71. The summed E-state index contributed by atoms with van der Waals surface area (Å²) in [7, 11) is -1.32. The quantitative estimate of drug-likeness (QED) is 0.912. The van der Waals surface area contributed by atoms with Crippen LogP contribution in [0, 0.1) is 5.41 Å². The van der Waals surface area contributed by atoms with Crippen LogP contribution in [0.2, 0.25) is 0 Å². The Bertz CT molecular complexity index is 628. The molecule has 1 aromatic rings. The standard InChI is InChI=1S/C13H16N2O3S2/c1-18-10-4-2-9(3-5-10)6-15-11-7-20(16,17)8-12(11)19-13(15)14/h2-5,11-12,14H,6-8H2,1H3/t11-,12-/m1/s1. The third kappa shape index (κ3) is 2.52. The van der Waals surface area contributed by atoms with Gasteiger partial charge in [-0.05, 0) is 17.7 Å². The van der Waals surface area contributed by atoms with Crippen LogP contribution < -0.4 is 4.74 Å². The maximum atomic E-state index is 11.7. The molecule has 2 fully saturated rings. The Hall–Kier alpha value is -1.21. The van der Waals surface area contributed by atoms with E-state index in [9.17, 15) is 8.42 Å². The molecule has 108 valence electrons. The molecule has 20 heavy (non-hydrogen) atoms. The van der Waals surface area contributed by atoms with Gasteiger partial charge < -0.3 is 9.64 Å². The Kier molecular flexibility index (Phi) is 3.41. The molecule has 2 heterocycles. The van der Waals surface area contributed by atoms with Crippen molar-refractivity contribution in [2.45, 2.75) is 17.8 Å². The molecular weight excluding hydrogens is 296 g/mol. The predicted octanol–water partition coefficient (Wildman–Crippen LogP) is 1.34. The smallest absolute Gasteiger partial charge is 0.157 e. The van der Waals surface area contributed by atoms with Gasteiger partial charge in [-0.2, -0.15) is 0 Å². The Morgan fingerprint density at radius 2 is 2.05 bits per heavy atom. The van der Waals surface area contributed by atoms with Crippen LogP contribution in [0.25, 0.3) is 0 Å². The van der Waals surface area contributed by atoms with Gasteiger partial charge in [0, 0.05) is 11.8 Å². The lowest BCUT2D eigenvalue weighted by atomic mass is 10.1. The number of ether oxygens (including phenoxy) is 1. The summed E-state index contributed by atoms with van der Waals surface area (Å²) >= 11 is 1.38. The van der Waals surface area contributed by atoms with Gasteiger partial charge in [0.15, 0.2) is 15.0 Å². The average molecular weight is 312 g/mol. The monoisotopic (exact) mass is 312 g/mol. The van der Waals surface area contributed by atoms with Gasteiger partial charge in [-0.15, -0.1) is 0 Å². The molecule has 2 saturated heterocycles. The number of sulfone groups is 1. The summed E-state index contributed by atoms with van der Waals surface area (Å²) < 4.78 is 28.5. The van der Waals surface area contributed by atoms with Crippen molar-refractivity contribution in [3.63, 3.8) is 0 Å². The number of benzene rings is 1. The lowest BCUT2D eigenvalue weighted by Crippen LogP contribution is -2.36. The molecule has 3 rings (SSSR count). The van der Waals surface area contributed by atoms with Crippen LogP contribution in [0.1, 0.15) is 5.56 Å². The van der Waals surface area contributed by atoms with Crippen molar-refractivity contribution < 1.29 is 13.2 Å². The van der Waals surface area contributed by atoms with Crippen LogP contribution in [0.15, 0.2) is 24.3 Å². The highest BCUT2D eigenvalue weighted by Crippen LogP contribution is 2.38. The van der Waals surface area contributed by atoms with Crippen molar-refractivity contribution in [3.8, 4) is 5.75 Å². The van der Waals surface area contributed by atoms with E-state index in [1.54, 1.807) is 7.11 Å². The maximum Gasteiger partial charge on any atom is 0.157 e. The number of hydrogen-bond donors (Lipinski definition) is 1. The second-order valence-electron chi connectivity index (χ2n) is 5.08. The first-order chi connectivity index (χ1) is 9.48. The van der Waals surface area contributed by atoms with E-state index in [2.05, 4.69) is 0 Å². The van der Waals surface area contributed by atoms with Gasteiger partial charge >= 0.3 is 0 Å². The Labute approximate surface area is 122 Å². The zero-order valence-corrected chi connectivity index (χ0v) is 12.7. The number of thioether (sulfide) groups is 1. The molecule has 0 spiro atoms. The Balaban J connectivity index is 1.77. The van der Waals surface area contributed by atoms with Gasteiger partial charge in [-0.1, -0.05) is 23.9 Å². The summed E-state index contributed by atoms with van der Waals surface area (Å²) in [5.41, 5.74) is 1.06. The average Bonchev–Trinajstić information content (AvgIpc) is 2.84. The van der Waals surface area contributed by atoms with Gasteiger partial charge in [0.1, 0.15) is 5.75 Å². The van der Waals surface area contributed by atoms with Gasteiger partial charge in [0.25, 0.3) is 0 Å². The lowest BCUT2D eigenvalue weighted by Gasteiger charge is -2.23. The van der Waals surface area contributed by atoms with Crippen molar-refractivity contribution in [2.24, 2.45) is 0 Å². The van der Waals surface area contributed by atoms with Crippen LogP contribution in [-0.4, -0.2) is 48.4 Å². The molecule has 2 aliphatic heterocycles. The van der Waals surface area contributed by atoms with E-state index in [0.29, 0.717) is 11.7 Å². The molecule has 5 nitrogen and oxygen atoms in total. The molecule has 0 bridgehead atoms. The molecule has 0 radical (unpaired) electrons. The van der Waals surface area contributed by atoms with E-state index in [-0.39, 0.29) is 22.8 Å². The number of nitrogens with one attached hydrogen (secondary N) is 1. The normalized spacial score (nSPS) is 27.6. The zero-order valence-electron chi connectivity index (χ0n) is 11.1. The molecule has 1 aromatic carbocycles. The van der Waals surface area contributed by atoms with Crippen LogP contribution in [0.3, 0.4) is 0 Å². The first-order valence-electron chi connectivity index (χ1n) is 6.34. The van der Waals surface area contributed by atoms with Crippen molar-refractivity contribution >= 4 is 26.8 Å². The highest BCUT2D eigenvalue weighted by molar-refractivity contribution is 8.15. The minimum absolute atomic E-state index is 0.0192. The van der Waals surface area contributed by atoms with Crippen molar-refractivity contribution in [3.05, 3.63) is 29.8 Å². The lowest BCUT2D eigenvalue weighted by molar-refractivity contribution is 0.349. The second kappa shape index (κ2) is 4.96. The van der Waals surface area contributed by atoms with E-state index in [1.807, 2.05) is 29.2 Å². The molecular formula is C13H16N2O3S2. The number of nitrogens with zero attached hydrogens (tertiary/aromatic N) is 1. The van der Waals surface area contributed by atoms with E-state index >= 15 is 0 Å². The summed E-state index contributed by atoms with van der Waals surface area (Å²) in [5, 5.41) is 8.53. The van der Waals surface area contributed by atoms with E-state index in [1.165, 1.54) is 11.8 Å². The molecule has 0 amide bonds. The van der Waals surface area contributed by atoms with Crippen LogP contribution in [0.4, 0.5) is 0 Å². The molecule has 2 aliphatic rings. The number of methoxy groups -OCH3 is 1. The summed E-state index contributed by atoms with van der Waals surface area (Å²) in [4.78, 5) is 1.90. The van der Waals surface area contributed by atoms with Crippen molar-refractivity contribution in [2.75, 3.05) is 18.6 Å². The van der Waals surface area contributed by atoms with Gasteiger partial charge in [-0.3, -0.25) is 5.41 Å². The van der Waals surface area contributed by atoms with Crippen LogP contribution in [-0.2, 0) is 16.4 Å². The Morgan fingerprint density at radius 1 is 1.35 bits per heavy atom. The van der Waals surface area contributed by atoms with Crippen molar-refractivity contribution in [1.29, 1.82) is 5.41 Å². The molecule has 7 heteroatoms. The third-order valence-corrected chi connectivity index (χ3v) is 6.88. The highest BCUT2D eigenvalue weighted by atomic mass is 32.2. The van der Waals surface area contributed by atoms with E-state index in [4.69, 9.17) is 10.1 Å². The van der Waals surface area contributed by atoms with Crippen molar-refractivity contribution in [1.82, 2.24) is 4.90 Å². The fourth-order valence-electron chi connectivity index (χ4n) is 2.68. The fraction of sp³-hybridized carbons (Fsp3) is 0.462. The topological polar surface area (TPSA) is 70.5 Å². The Morgan fingerprint density at radius 3 is 2.70 bits per heavy atom. The van der Waals surface area contributed by atoms with Crippen LogP contribution >= 0.6 is 11.8 Å². The number of fused-ring (bicyclic) bond motifs is 1. The van der Waals surface area contributed by atoms with E-state index < -0.39 is 9.84 Å². The van der Waals surface area contributed by atoms with Crippen LogP contribution in [0.5, 0.6) is 5.75 Å². The fourth-order valence-corrected chi connectivity index (χ4v) is 6.51. The summed E-state index contributed by atoms with van der Waals surface area (Å²) in [6, 6.07) is 7.61. The van der Waals surface area contributed by atoms with Gasteiger partial charge in [-0.25, -0.2) is 8.42 Å². The summed E-state index contributed by atoms with van der Waals surface area (Å²) in [6.07, 6.45) is 0. The first-order valence-corrected chi connectivity index (χ1v) is 9.04. The molecule has 0 saturated carbocycles.